The van der Waals surface area contributed by atoms with Gasteiger partial charge in [0.15, 0.2) is 15.9 Å². The Balaban J connectivity index is 3.54. The lowest BCUT2D eigenvalue weighted by atomic mass is 10.5. The summed E-state index contributed by atoms with van der Waals surface area (Å²) in [5.74, 6) is 0.174. The van der Waals surface area contributed by atoms with Crippen LogP contribution >= 0.6 is 11.6 Å². The van der Waals surface area contributed by atoms with E-state index in [4.69, 9.17) is 16.7 Å². The van der Waals surface area contributed by atoms with Crippen molar-refractivity contribution < 1.29 is 8.42 Å². The maximum atomic E-state index is 11.2. The third kappa shape index (κ3) is 2.11. The molecular formula is C6H9ClN4O2S. The van der Waals surface area contributed by atoms with Crippen molar-refractivity contribution in [3.8, 4) is 0 Å². The summed E-state index contributed by atoms with van der Waals surface area (Å²) in [6, 6.07) is 0. The van der Waals surface area contributed by atoms with Crippen molar-refractivity contribution in [1.29, 1.82) is 0 Å². The Morgan fingerprint density at radius 2 is 2.00 bits per heavy atom. The van der Waals surface area contributed by atoms with Crippen LogP contribution in [0.4, 0.5) is 5.82 Å². The van der Waals surface area contributed by atoms with Crippen molar-refractivity contribution in [3.05, 3.63) is 11.5 Å². The predicted molar refractivity (Wildman–Crippen MR) is 52.7 cm³/mol. The van der Waals surface area contributed by atoms with Gasteiger partial charge in [-0.15, -0.1) is 0 Å². The topological polar surface area (TPSA) is 89.2 Å². The number of primary sulfonamides is 1. The van der Waals surface area contributed by atoms with Gasteiger partial charge in [-0.3, -0.25) is 0 Å². The zero-order valence-electron chi connectivity index (χ0n) is 7.60. The molecule has 1 heterocycles. The molecule has 14 heavy (non-hydrogen) atoms. The van der Waals surface area contributed by atoms with Crippen molar-refractivity contribution in [2.75, 3.05) is 19.0 Å². The minimum atomic E-state index is -3.91. The lowest BCUT2D eigenvalue weighted by molar-refractivity contribution is 0.597. The van der Waals surface area contributed by atoms with E-state index in [1.165, 1.54) is 11.2 Å². The maximum Gasteiger partial charge on any atom is 0.244 e. The molecule has 0 atom stereocenters. The van der Waals surface area contributed by atoms with Gasteiger partial charge in [-0.1, -0.05) is 11.6 Å². The van der Waals surface area contributed by atoms with Gasteiger partial charge in [0.2, 0.25) is 10.0 Å². The fourth-order valence-corrected chi connectivity index (χ4v) is 2.13. The van der Waals surface area contributed by atoms with Gasteiger partial charge in [-0.2, -0.15) is 0 Å². The first-order valence-electron chi connectivity index (χ1n) is 3.54. The Morgan fingerprint density at radius 3 is 2.36 bits per heavy atom. The first-order chi connectivity index (χ1) is 6.34. The van der Waals surface area contributed by atoms with E-state index in [2.05, 4.69) is 9.97 Å². The van der Waals surface area contributed by atoms with Gasteiger partial charge in [0.05, 0.1) is 0 Å². The van der Waals surface area contributed by atoms with Crippen LogP contribution in [0.2, 0.25) is 5.15 Å². The third-order valence-corrected chi connectivity index (χ3v) is 2.79. The van der Waals surface area contributed by atoms with E-state index in [-0.39, 0.29) is 15.9 Å². The van der Waals surface area contributed by atoms with Crippen LogP contribution in [0.5, 0.6) is 0 Å². The highest BCUT2D eigenvalue weighted by Gasteiger charge is 2.21. The number of hydrogen-bond donors (Lipinski definition) is 1. The van der Waals surface area contributed by atoms with Gasteiger partial charge >= 0.3 is 0 Å². The molecule has 0 aliphatic carbocycles. The number of hydrogen-bond acceptors (Lipinski definition) is 5. The predicted octanol–water partition coefficient (Wildman–Crippen LogP) is -0.157. The van der Waals surface area contributed by atoms with Crippen molar-refractivity contribution in [2.45, 2.75) is 4.90 Å². The number of rotatable bonds is 2. The number of nitrogens with two attached hydrogens (primary N) is 1. The second-order valence-electron chi connectivity index (χ2n) is 2.76. The molecule has 0 saturated heterocycles. The van der Waals surface area contributed by atoms with Crippen LogP contribution in [-0.2, 0) is 10.0 Å². The number of nitrogens with zero attached hydrogens (tertiary/aromatic N) is 3. The molecule has 0 unspecified atom stereocenters. The zero-order valence-corrected chi connectivity index (χ0v) is 9.17. The molecule has 0 aromatic carbocycles. The molecule has 2 N–H and O–H groups in total. The molecule has 0 saturated carbocycles. The Morgan fingerprint density at radius 1 is 1.43 bits per heavy atom. The van der Waals surface area contributed by atoms with Crippen LogP contribution in [-0.4, -0.2) is 32.5 Å². The Labute approximate surface area is 86.8 Å². The van der Waals surface area contributed by atoms with E-state index in [0.717, 1.165) is 0 Å². The van der Waals surface area contributed by atoms with Crippen molar-refractivity contribution >= 4 is 27.4 Å². The average Bonchev–Trinajstić information content (AvgIpc) is 2.01. The van der Waals surface area contributed by atoms with E-state index < -0.39 is 10.0 Å². The Bertz CT molecular complexity index is 445. The summed E-state index contributed by atoms with van der Waals surface area (Å²) in [4.78, 5) is 8.57. The molecule has 0 aliphatic heterocycles. The minimum absolute atomic E-state index is 0.174. The summed E-state index contributed by atoms with van der Waals surface area (Å²) < 4.78 is 22.3. The summed E-state index contributed by atoms with van der Waals surface area (Å²) in [6.45, 7) is 0. The van der Waals surface area contributed by atoms with Crippen LogP contribution in [0.25, 0.3) is 0 Å². The van der Waals surface area contributed by atoms with Gasteiger partial charge in [0, 0.05) is 14.1 Å². The smallest absolute Gasteiger partial charge is 0.244 e. The third-order valence-electron chi connectivity index (χ3n) is 1.45. The second kappa shape index (κ2) is 3.68. The second-order valence-corrected chi connectivity index (χ2v) is 4.61. The molecule has 1 rings (SSSR count). The fraction of sp³-hybridized carbons (Fsp3) is 0.333. The molecule has 0 bridgehead atoms. The van der Waals surface area contributed by atoms with Gasteiger partial charge in [0.1, 0.15) is 6.33 Å². The van der Waals surface area contributed by atoms with E-state index in [1.54, 1.807) is 14.1 Å². The number of halogens is 1. The van der Waals surface area contributed by atoms with Crippen LogP contribution in [0, 0.1) is 0 Å². The minimum Gasteiger partial charge on any atom is -0.361 e. The first-order valence-corrected chi connectivity index (χ1v) is 5.47. The highest BCUT2D eigenvalue weighted by Crippen LogP contribution is 2.25. The molecular weight excluding hydrogens is 228 g/mol. The lowest BCUT2D eigenvalue weighted by Crippen LogP contribution is -2.20. The molecule has 8 heteroatoms. The Hall–Kier alpha value is -0.920. The van der Waals surface area contributed by atoms with Gasteiger partial charge in [0.25, 0.3) is 0 Å². The monoisotopic (exact) mass is 236 g/mol. The summed E-state index contributed by atoms with van der Waals surface area (Å²) in [6.07, 6.45) is 1.17. The highest BCUT2D eigenvalue weighted by molar-refractivity contribution is 7.89. The van der Waals surface area contributed by atoms with Crippen LogP contribution in [0.15, 0.2) is 11.2 Å². The molecule has 1 aromatic heterocycles. The SMILES string of the molecule is CN(C)c1ncnc(Cl)c1S(N)(=O)=O. The highest BCUT2D eigenvalue weighted by atomic mass is 35.5. The fourth-order valence-electron chi connectivity index (χ4n) is 0.907. The first kappa shape index (κ1) is 11.2. The lowest BCUT2D eigenvalue weighted by Gasteiger charge is -2.14. The van der Waals surface area contributed by atoms with Crippen LogP contribution in [0.3, 0.4) is 0 Å². The average molecular weight is 237 g/mol. The summed E-state index contributed by atoms with van der Waals surface area (Å²) in [7, 11) is -0.643. The summed E-state index contributed by atoms with van der Waals surface area (Å²) >= 11 is 5.62. The molecule has 6 nitrogen and oxygen atoms in total. The molecule has 0 fully saturated rings. The van der Waals surface area contributed by atoms with Crippen molar-refractivity contribution in [1.82, 2.24) is 9.97 Å². The van der Waals surface area contributed by atoms with Crippen molar-refractivity contribution in [2.24, 2.45) is 5.14 Å². The number of sulfonamides is 1. The molecule has 0 spiro atoms. The molecule has 0 radical (unpaired) electrons. The standard InChI is InChI=1S/C6H9ClN4O2S/c1-11(2)6-4(14(8,12)13)5(7)9-3-10-6/h3H,1-2H3,(H2,8,12,13). The number of anilines is 1. The van der Waals surface area contributed by atoms with E-state index in [9.17, 15) is 8.42 Å². The van der Waals surface area contributed by atoms with Crippen LogP contribution in [0.1, 0.15) is 0 Å². The Kier molecular flexibility index (Phi) is 2.93. The van der Waals surface area contributed by atoms with E-state index in [0.29, 0.717) is 0 Å². The summed E-state index contributed by atoms with van der Waals surface area (Å²) in [5.41, 5.74) is 0. The van der Waals surface area contributed by atoms with Gasteiger partial charge in [-0.25, -0.2) is 23.5 Å². The molecule has 78 valence electrons. The zero-order chi connectivity index (χ0) is 10.9. The molecule has 0 amide bonds. The number of aromatic nitrogens is 2. The van der Waals surface area contributed by atoms with Crippen molar-refractivity contribution in [3.63, 3.8) is 0 Å². The van der Waals surface area contributed by atoms with Crippen LogP contribution < -0.4 is 10.0 Å². The van der Waals surface area contributed by atoms with E-state index in [1.807, 2.05) is 0 Å². The summed E-state index contributed by atoms with van der Waals surface area (Å²) in [5, 5.41) is 4.80. The van der Waals surface area contributed by atoms with Gasteiger partial charge in [-0.05, 0) is 0 Å². The molecule has 0 aliphatic rings. The maximum absolute atomic E-state index is 11.2. The van der Waals surface area contributed by atoms with Gasteiger partial charge < -0.3 is 4.90 Å². The normalized spacial score (nSPS) is 11.4. The van der Waals surface area contributed by atoms with E-state index >= 15 is 0 Å². The quantitative estimate of drug-likeness (QED) is 0.721. The largest absolute Gasteiger partial charge is 0.361 e. The molecule has 1 aromatic rings.